The molecule has 0 saturated carbocycles. The minimum atomic E-state index is 0. The maximum Gasteiger partial charge on any atom is 0.0937 e. The average Bonchev–Trinajstić information content (AvgIpc) is 1.90. The van der Waals surface area contributed by atoms with E-state index >= 15 is 0 Å². The van der Waals surface area contributed by atoms with Crippen LogP contribution in [0.2, 0.25) is 0 Å². The maximum atomic E-state index is 5.50. The van der Waals surface area contributed by atoms with Crippen LogP contribution in [0.4, 0.5) is 0 Å². The first-order valence-corrected chi connectivity index (χ1v) is 3.61. The van der Waals surface area contributed by atoms with E-state index in [-0.39, 0.29) is 12.4 Å². The summed E-state index contributed by atoms with van der Waals surface area (Å²) in [6.45, 7) is 3.17. The molecule has 0 aromatic rings. The van der Waals surface area contributed by atoms with Gasteiger partial charge in [-0.1, -0.05) is 13.3 Å². The summed E-state index contributed by atoms with van der Waals surface area (Å²) in [4.78, 5) is 4.18. The van der Waals surface area contributed by atoms with Crippen LogP contribution in [0.5, 0.6) is 0 Å². The lowest BCUT2D eigenvalue weighted by atomic mass is 9.98. The standard InChI is InChI=1S/C7H14N2.ClH/c1-2-6-3-4-7(8)9-5-6;/h6H,2-5H2,1H3,(H2,8,9);1H. The first-order valence-electron chi connectivity index (χ1n) is 3.61. The molecule has 0 amide bonds. The van der Waals surface area contributed by atoms with Gasteiger partial charge in [-0.25, -0.2) is 0 Å². The predicted octanol–water partition coefficient (Wildman–Crippen LogP) is 1.59. The molecule has 0 spiro atoms. The van der Waals surface area contributed by atoms with E-state index in [4.69, 9.17) is 5.73 Å². The topological polar surface area (TPSA) is 38.4 Å². The smallest absolute Gasteiger partial charge is 0.0937 e. The highest BCUT2D eigenvalue weighted by molar-refractivity contribution is 5.85. The molecule has 0 aliphatic carbocycles. The van der Waals surface area contributed by atoms with E-state index in [1.165, 1.54) is 12.8 Å². The number of hydrogen-bond donors (Lipinski definition) is 1. The summed E-state index contributed by atoms with van der Waals surface area (Å²) in [5, 5.41) is 0. The summed E-state index contributed by atoms with van der Waals surface area (Å²) in [7, 11) is 0. The summed E-state index contributed by atoms with van der Waals surface area (Å²) in [6, 6.07) is 0. The van der Waals surface area contributed by atoms with Crippen molar-refractivity contribution in [1.29, 1.82) is 0 Å². The highest BCUT2D eigenvalue weighted by Gasteiger charge is 2.10. The van der Waals surface area contributed by atoms with Crippen molar-refractivity contribution in [3.63, 3.8) is 0 Å². The quantitative estimate of drug-likeness (QED) is 0.625. The van der Waals surface area contributed by atoms with E-state index in [1.54, 1.807) is 0 Å². The monoisotopic (exact) mass is 162 g/mol. The third-order valence-electron chi connectivity index (χ3n) is 1.94. The van der Waals surface area contributed by atoms with Gasteiger partial charge in [0.1, 0.15) is 0 Å². The van der Waals surface area contributed by atoms with Gasteiger partial charge in [0.2, 0.25) is 0 Å². The first kappa shape index (κ1) is 9.76. The second-order valence-corrected chi connectivity index (χ2v) is 2.64. The number of halogens is 1. The van der Waals surface area contributed by atoms with E-state index in [9.17, 15) is 0 Å². The van der Waals surface area contributed by atoms with Gasteiger partial charge in [0.25, 0.3) is 0 Å². The zero-order valence-corrected chi connectivity index (χ0v) is 7.16. The first-order chi connectivity index (χ1) is 4.33. The highest BCUT2D eigenvalue weighted by Crippen LogP contribution is 2.14. The van der Waals surface area contributed by atoms with Crippen LogP contribution in [0.3, 0.4) is 0 Å². The predicted molar refractivity (Wildman–Crippen MR) is 46.8 cm³/mol. The second kappa shape index (κ2) is 4.56. The van der Waals surface area contributed by atoms with Gasteiger partial charge in [0.05, 0.1) is 5.84 Å². The van der Waals surface area contributed by atoms with Gasteiger partial charge in [-0.2, -0.15) is 0 Å². The molecule has 1 atom stereocenters. The lowest BCUT2D eigenvalue weighted by molar-refractivity contribution is 0.475. The Bertz CT molecular complexity index is 123. The number of hydrogen-bond acceptors (Lipinski definition) is 2. The molecule has 0 radical (unpaired) electrons. The number of rotatable bonds is 1. The molecule has 2 N–H and O–H groups in total. The third-order valence-corrected chi connectivity index (χ3v) is 1.94. The van der Waals surface area contributed by atoms with Crippen LogP contribution in [-0.2, 0) is 0 Å². The van der Waals surface area contributed by atoms with Crippen molar-refractivity contribution in [2.24, 2.45) is 16.6 Å². The summed E-state index contributed by atoms with van der Waals surface area (Å²) in [6.07, 6.45) is 3.50. The molecule has 1 aliphatic rings. The van der Waals surface area contributed by atoms with Gasteiger partial charge < -0.3 is 5.73 Å². The SMILES string of the molecule is CCC1CCC(N)=NC1.Cl. The van der Waals surface area contributed by atoms with E-state index in [2.05, 4.69) is 11.9 Å². The Morgan fingerprint density at radius 1 is 1.70 bits per heavy atom. The molecular weight excluding hydrogens is 148 g/mol. The van der Waals surface area contributed by atoms with E-state index in [0.717, 1.165) is 24.7 Å². The van der Waals surface area contributed by atoms with Gasteiger partial charge in [-0.15, -0.1) is 12.4 Å². The fraction of sp³-hybridized carbons (Fsp3) is 0.857. The molecule has 1 heterocycles. The van der Waals surface area contributed by atoms with Crippen molar-refractivity contribution in [3.05, 3.63) is 0 Å². The second-order valence-electron chi connectivity index (χ2n) is 2.64. The Labute approximate surface area is 68.3 Å². The molecule has 10 heavy (non-hydrogen) atoms. The van der Waals surface area contributed by atoms with Crippen LogP contribution in [0.25, 0.3) is 0 Å². The minimum absolute atomic E-state index is 0. The van der Waals surface area contributed by atoms with Crippen LogP contribution in [0.15, 0.2) is 4.99 Å². The van der Waals surface area contributed by atoms with Crippen molar-refractivity contribution in [2.45, 2.75) is 26.2 Å². The van der Waals surface area contributed by atoms with E-state index < -0.39 is 0 Å². The lowest BCUT2D eigenvalue weighted by Gasteiger charge is -2.16. The van der Waals surface area contributed by atoms with Crippen LogP contribution >= 0.6 is 12.4 Å². The number of aliphatic imine (C=N–C) groups is 1. The van der Waals surface area contributed by atoms with Crippen molar-refractivity contribution in [2.75, 3.05) is 6.54 Å². The molecule has 1 rings (SSSR count). The van der Waals surface area contributed by atoms with E-state index in [1.807, 2.05) is 0 Å². The van der Waals surface area contributed by atoms with Gasteiger partial charge in [-0.3, -0.25) is 4.99 Å². The maximum absolute atomic E-state index is 5.50. The van der Waals surface area contributed by atoms with Gasteiger partial charge >= 0.3 is 0 Å². The summed E-state index contributed by atoms with van der Waals surface area (Å²) in [5.41, 5.74) is 5.50. The van der Waals surface area contributed by atoms with Gasteiger partial charge in [-0.05, 0) is 12.3 Å². The Morgan fingerprint density at radius 3 is 2.80 bits per heavy atom. The number of amidine groups is 1. The van der Waals surface area contributed by atoms with Crippen molar-refractivity contribution in [1.82, 2.24) is 0 Å². The van der Waals surface area contributed by atoms with Crippen molar-refractivity contribution >= 4 is 18.2 Å². The van der Waals surface area contributed by atoms with Gasteiger partial charge in [0, 0.05) is 13.0 Å². The Morgan fingerprint density at radius 2 is 2.40 bits per heavy atom. The molecule has 0 bridgehead atoms. The average molecular weight is 163 g/mol. The third kappa shape index (κ3) is 2.56. The minimum Gasteiger partial charge on any atom is -0.387 e. The summed E-state index contributed by atoms with van der Waals surface area (Å²) >= 11 is 0. The zero-order chi connectivity index (χ0) is 6.69. The van der Waals surface area contributed by atoms with Crippen molar-refractivity contribution in [3.8, 4) is 0 Å². The molecule has 0 saturated heterocycles. The molecule has 3 heteroatoms. The van der Waals surface area contributed by atoms with Crippen LogP contribution in [-0.4, -0.2) is 12.4 Å². The van der Waals surface area contributed by atoms with Gasteiger partial charge in [0.15, 0.2) is 0 Å². The number of nitrogens with two attached hydrogens (primary N) is 1. The fourth-order valence-electron chi connectivity index (χ4n) is 1.10. The summed E-state index contributed by atoms with van der Waals surface area (Å²) in [5.74, 6) is 1.65. The number of nitrogens with zero attached hydrogens (tertiary/aromatic N) is 1. The van der Waals surface area contributed by atoms with Crippen LogP contribution in [0.1, 0.15) is 26.2 Å². The van der Waals surface area contributed by atoms with E-state index in [0.29, 0.717) is 0 Å². The Balaban J connectivity index is 0.000000810. The largest absolute Gasteiger partial charge is 0.387 e. The molecule has 0 fully saturated rings. The van der Waals surface area contributed by atoms with Crippen LogP contribution in [0, 0.1) is 5.92 Å². The normalized spacial score (nSPS) is 24.9. The summed E-state index contributed by atoms with van der Waals surface area (Å²) < 4.78 is 0. The molecular formula is C7H15ClN2. The molecule has 0 aromatic heterocycles. The molecule has 1 aliphatic heterocycles. The molecule has 2 nitrogen and oxygen atoms in total. The highest BCUT2D eigenvalue weighted by atomic mass is 35.5. The van der Waals surface area contributed by atoms with Crippen molar-refractivity contribution < 1.29 is 0 Å². The Kier molecular flexibility index (Phi) is 4.45. The Hall–Kier alpha value is -0.240. The molecule has 1 unspecified atom stereocenters. The molecule has 60 valence electrons. The van der Waals surface area contributed by atoms with Crippen LogP contribution < -0.4 is 5.73 Å². The molecule has 0 aromatic carbocycles. The fourth-order valence-corrected chi connectivity index (χ4v) is 1.10. The zero-order valence-electron chi connectivity index (χ0n) is 6.34. The lowest BCUT2D eigenvalue weighted by Crippen LogP contribution is -2.21.